The highest BCUT2D eigenvalue weighted by atomic mass is 16.3. The first-order valence-corrected chi connectivity index (χ1v) is 15.2. The van der Waals surface area contributed by atoms with Gasteiger partial charge in [0.1, 0.15) is 22.3 Å². The fourth-order valence-corrected chi connectivity index (χ4v) is 6.34. The van der Waals surface area contributed by atoms with Crippen LogP contribution in [0.1, 0.15) is 70.1 Å². The first-order valence-electron chi connectivity index (χ1n) is 31.7. The Hall–Kier alpha value is -6.58. The Morgan fingerprint density at radius 1 is 0.442 bits per heavy atom. The van der Waals surface area contributed by atoms with Gasteiger partial charge in [-0.2, -0.15) is 0 Å². The van der Waals surface area contributed by atoms with Gasteiger partial charge in [-0.25, -0.2) is 0 Å². The second-order valence-corrected chi connectivity index (χ2v) is 11.5. The van der Waals surface area contributed by atoms with E-state index in [0.29, 0.717) is 0 Å². The van der Waals surface area contributed by atoms with Crippen molar-refractivity contribution in [3.8, 4) is 22.3 Å². The number of anilines is 3. The normalized spacial score (nSPS) is 22.8. The number of hydrogen-bond acceptors (Lipinski definition) is 3. The molecule has 0 spiro atoms. The zero-order valence-corrected chi connectivity index (χ0v) is 25.8. The second kappa shape index (κ2) is 10.7. The Labute approximate surface area is 347 Å². The topological polar surface area (TPSA) is 29.5 Å². The van der Waals surface area contributed by atoms with Gasteiger partial charge in [0, 0.05) is 69.7 Å². The lowest BCUT2D eigenvalue weighted by atomic mass is 9.82. The van der Waals surface area contributed by atoms with Crippen molar-refractivity contribution in [2.45, 2.75) is 19.1 Å². The van der Waals surface area contributed by atoms with Crippen molar-refractivity contribution in [1.82, 2.24) is 0 Å². The van der Waals surface area contributed by atoms with Gasteiger partial charge in [0.25, 0.3) is 0 Å². The Morgan fingerprint density at radius 2 is 1.04 bits per heavy atom. The van der Waals surface area contributed by atoms with Crippen LogP contribution >= 0.6 is 0 Å². The van der Waals surface area contributed by atoms with E-state index in [9.17, 15) is 13.7 Å². The number of furan rings is 2. The van der Waals surface area contributed by atoms with Crippen molar-refractivity contribution in [1.29, 1.82) is 0 Å². The third-order valence-electron chi connectivity index (χ3n) is 8.64. The van der Waals surface area contributed by atoms with Gasteiger partial charge in [-0.05, 0) is 87.1 Å². The molecule has 2 heterocycles. The van der Waals surface area contributed by atoms with Crippen molar-refractivity contribution in [2.24, 2.45) is 0 Å². The predicted molar refractivity (Wildman–Crippen MR) is 216 cm³/mol. The maximum atomic E-state index is 10.1. The minimum absolute atomic E-state index is 0.286. The molecule has 52 heavy (non-hydrogen) atoms. The average molecular weight is 701 g/mol. The lowest BCUT2D eigenvalue weighted by Crippen LogP contribution is -2.16. The summed E-state index contributed by atoms with van der Waals surface area (Å²) in [7, 11) is 0. The molecule has 3 nitrogen and oxygen atoms in total. The van der Waals surface area contributed by atoms with Gasteiger partial charge in [-0.3, -0.25) is 0 Å². The maximum Gasteiger partial charge on any atom is 0.143 e. The zero-order chi connectivity index (χ0) is 63.0. The van der Waals surface area contributed by atoms with Crippen molar-refractivity contribution >= 4 is 71.7 Å². The van der Waals surface area contributed by atoms with E-state index in [1.807, 2.05) is 0 Å². The van der Waals surface area contributed by atoms with E-state index in [1.165, 1.54) is 0 Å². The molecule has 0 aliphatic heterocycles. The van der Waals surface area contributed by atoms with Gasteiger partial charge in [0.15, 0.2) is 0 Å². The average Bonchev–Trinajstić information content (AvgIpc) is 1.55. The van der Waals surface area contributed by atoms with Gasteiger partial charge in [-0.15, -0.1) is 0 Å². The molecule has 0 amide bonds. The van der Waals surface area contributed by atoms with Gasteiger partial charge in [0.2, 0.25) is 0 Å². The molecule has 0 saturated carbocycles. The molecule has 0 bridgehead atoms. The van der Waals surface area contributed by atoms with Crippen LogP contribution in [-0.4, -0.2) is 0 Å². The van der Waals surface area contributed by atoms with Crippen molar-refractivity contribution in [3.63, 3.8) is 0 Å². The van der Waals surface area contributed by atoms with E-state index in [4.69, 9.17) is 40.4 Å². The minimum Gasteiger partial charge on any atom is -0.456 e. The quantitative estimate of drug-likeness (QED) is 0.183. The van der Waals surface area contributed by atoms with Crippen LogP contribution < -0.4 is 4.90 Å². The lowest BCUT2D eigenvalue weighted by Gasteiger charge is -2.28. The Morgan fingerprint density at radius 3 is 1.85 bits per heavy atom. The molecule has 0 atom stereocenters. The summed E-state index contributed by atoms with van der Waals surface area (Å²) in [6, 6.07) is -28.7. The lowest BCUT2D eigenvalue weighted by molar-refractivity contribution is 0.660. The molecule has 0 radical (unpaired) electrons. The highest BCUT2D eigenvalue weighted by molar-refractivity contribution is 6.19. The van der Waals surface area contributed by atoms with Crippen LogP contribution in [0, 0.1) is 0 Å². The van der Waals surface area contributed by atoms with Crippen LogP contribution in [0.3, 0.4) is 0 Å². The minimum atomic E-state index is -4.01. The molecule has 1 aliphatic rings. The molecular formula is C49H33NO2. The van der Waals surface area contributed by atoms with Crippen molar-refractivity contribution < 1.29 is 54.1 Å². The first kappa shape index (κ1) is 11.5. The number of para-hydroxylation sites is 1. The Balaban J connectivity index is 1.39. The fraction of sp³-hybridized carbons (Fsp3) is 0.0612. The highest BCUT2D eigenvalue weighted by Crippen LogP contribution is 2.51. The number of rotatable bonds is 4. The van der Waals surface area contributed by atoms with Gasteiger partial charge < -0.3 is 13.7 Å². The molecule has 0 saturated heterocycles. The van der Waals surface area contributed by atoms with Crippen molar-refractivity contribution in [2.75, 3.05) is 4.90 Å². The van der Waals surface area contributed by atoms with E-state index >= 15 is 0 Å². The SMILES string of the molecule is [2H]c1c([2H])c([2H])c(-c2c([2H])c3c(oc4c([2H])c(N(c5c([2H])c([2H])c6c(c5[2H])C(C([2H])([2H])[2H])(C([2H])([2H])[2H])c5c([2H])c([2H])c([2H])c([2H])c5-6)c5c([2H])c([2H])c6c(oc7c([2H])c([2H])c([2H])c([2H])c76)c5[2H])c([2H])c([2H])c43)c3c([2H])c([2H])c([2H])c([2H])c23)c([2H])c1[2H]. The summed E-state index contributed by atoms with van der Waals surface area (Å²) in [5, 5.41) is -3.90. The van der Waals surface area contributed by atoms with Gasteiger partial charge in [-0.1, -0.05) is 116 Å². The van der Waals surface area contributed by atoms with Crippen LogP contribution in [0.25, 0.3) is 76.9 Å². The van der Waals surface area contributed by atoms with Crippen LogP contribution in [0.4, 0.5) is 17.1 Å². The predicted octanol–water partition coefficient (Wildman–Crippen LogP) is 14.1. The van der Waals surface area contributed by atoms with Gasteiger partial charge in [0.05, 0.1) is 37.0 Å². The number of benzene rings is 8. The number of fused-ring (bicyclic) bond motifs is 11. The summed E-state index contributed by atoms with van der Waals surface area (Å²) in [5.41, 5.74) is -16.5. The maximum absolute atomic E-state index is 10.1. The third-order valence-corrected chi connectivity index (χ3v) is 8.64. The number of hydrogen-bond donors (Lipinski definition) is 0. The standard InChI is InChI=1S/C49H33NO2/c1-49(2)43-18-10-8-15-35(43)36-23-20-31(26-44(36)49)50(32-21-24-38-37-16-9-11-19-45(37)51-46(38)27-32)33-22-25-39-42-29-41(30-12-4-3-5-13-30)34-14-6-7-17-40(34)48(42)52-47(39)28-33/h3-29H,1-2H3/i1D3,2D3,3D,4D,5D,6D,7D,8D,9D,10D,11D,12D,13D,14D,15D,16D,17D,18D,19D,20D,21D,22D,23D,24D,25D,26D,27D,28D,29D. The fourth-order valence-electron chi connectivity index (χ4n) is 6.34. The summed E-state index contributed by atoms with van der Waals surface area (Å²) < 4.78 is 311. The summed E-state index contributed by atoms with van der Waals surface area (Å²) in [6.45, 7) is -8.02. The van der Waals surface area contributed by atoms with Crippen LogP contribution in [0.5, 0.6) is 0 Å². The highest BCUT2D eigenvalue weighted by Gasteiger charge is 2.35. The third kappa shape index (κ3) is 4.14. The molecule has 0 N–H and O–H groups in total. The molecule has 0 fully saturated rings. The summed E-state index contributed by atoms with van der Waals surface area (Å²) >= 11 is 0. The van der Waals surface area contributed by atoms with Crippen molar-refractivity contribution in [3.05, 3.63) is 174 Å². The molecule has 10 aromatic rings. The molecular weight excluding hydrogens is 635 g/mol. The summed E-state index contributed by atoms with van der Waals surface area (Å²) in [5.74, 6) is 0. The largest absolute Gasteiger partial charge is 0.456 e. The number of nitrogens with zero attached hydrogens (tertiary/aromatic N) is 1. The van der Waals surface area contributed by atoms with Gasteiger partial charge >= 0.3 is 0 Å². The molecule has 3 heteroatoms. The van der Waals surface area contributed by atoms with E-state index in [0.717, 1.165) is 0 Å². The van der Waals surface area contributed by atoms with E-state index < -0.39 is 287 Å². The summed E-state index contributed by atoms with van der Waals surface area (Å²) in [4.78, 5) is 0.286. The summed E-state index contributed by atoms with van der Waals surface area (Å²) in [6.07, 6.45) is 0. The van der Waals surface area contributed by atoms with E-state index in [-0.39, 0.29) is 4.90 Å². The Bertz CT molecular complexity index is 4800. The zero-order valence-electron chi connectivity index (χ0n) is 58.8. The van der Waals surface area contributed by atoms with Crippen LogP contribution in [0.15, 0.2) is 172 Å². The Kier molecular flexibility index (Phi) is 2.36. The van der Waals surface area contributed by atoms with E-state index in [2.05, 4.69) is 0 Å². The molecule has 0 unspecified atom stereocenters. The molecule has 1 aliphatic carbocycles. The molecule has 8 aromatic carbocycles. The second-order valence-electron chi connectivity index (χ2n) is 11.5. The van der Waals surface area contributed by atoms with Crippen LogP contribution in [0.2, 0.25) is 0 Å². The van der Waals surface area contributed by atoms with Crippen LogP contribution in [-0.2, 0) is 5.41 Å². The molecule has 11 rings (SSSR count). The van der Waals surface area contributed by atoms with E-state index in [1.54, 1.807) is 0 Å². The molecule has 246 valence electrons. The monoisotopic (exact) mass is 700 g/mol. The first-order chi connectivity index (χ1) is 39.3. The smallest absolute Gasteiger partial charge is 0.143 e. The molecule has 2 aromatic heterocycles.